The van der Waals surface area contributed by atoms with Crippen LogP contribution in [0.2, 0.25) is 0 Å². The van der Waals surface area contributed by atoms with Gasteiger partial charge in [0.2, 0.25) is 16.4 Å². The van der Waals surface area contributed by atoms with Crippen LogP contribution in [-0.4, -0.2) is 26.1 Å². The van der Waals surface area contributed by atoms with Crippen molar-refractivity contribution in [3.05, 3.63) is 228 Å². The molecule has 0 bridgehead atoms. The molecule has 6 aromatic carbocycles. The zero-order valence-electron chi connectivity index (χ0n) is 46.5. The van der Waals surface area contributed by atoms with Gasteiger partial charge in [-0.2, -0.15) is 0 Å². The van der Waals surface area contributed by atoms with Gasteiger partial charge in [0.15, 0.2) is 0 Å². The van der Waals surface area contributed by atoms with Gasteiger partial charge >= 0.3 is 0 Å². The minimum atomic E-state index is -3.17. The zero-order valence-corrected chi connectivity index (χ0v) is 47.3. The first-order valence-electron chi connectivity index (χ1n) is 24.3. The Labute approximate surface area is 429 Å². The molecule has 0 aliphatic rings. The lowest BCUT2D eigenvalue weighted by molar-refractivity contribution is -0.105. The summed E-state index contributed by atoms with van der Waals surface area (Å²) < 4.78 is 36.9. The van der Waals surface area contributed by atoms with Crippen molar-refractivity contribution < 1.29 is 17.6 Å². The Morgan fingerprint density at radius 1 is 0.437 bits per heavy atom. The molecule has 0 saturated carbocycles. The van der Waals surface area contributed by atoms with Crippen LogP contribution >= 0.6 is 0 Å². The van der Waals surface area contributed by atoms with Crippen LogP contribution in [-0.2, 0) is 27.7 Å². The molecule has 382 valence electrons. The molecule has 0 atom stereocenters. The molecule has 1 heterocycles. The van der Waals surface area contributed by atoms with Gasteiger partial charge in [-0.1, -0.05) is 133 Å². The molecule has 7 aromatic rings. The van der Waals surface area contributed by atoms with Crippen molar-refractivity contribution in [3.63, 3.8) is 0 Å². The van der Waals surface area contributed by atoms with Crippen molar-refractivity contribution in [3.8, 4) is 0 Å². The summed E-state index contributed by atoms with van der Waals surface area (Å²) in [6.45, 7) is 37.0. The van der Waals surface area contributed by atoms with E-state index < -0.39 is 10.0 Å². The van der Waals surface area contributed by atoms with E-state index >= 15 is 0 Å². The maximum absolute atomic E-state index is 12.5. The summed E-state index contributed by atoms with van der Waals surface area (Å²) in [6, 6.07) is 40.5. The molecule has 0 fully saturated rings. The molecule has 7 rings (SSSR count). The molecule has 1 aromatic heterocycles. The van der Waals surface area contributed by atoms with Gasteiger partial charge < -0.3 is 5.32 Å². The second-order valence-electron chi connectivity index (χ2n) is 18.6. The number of carbonyl (C=O) groups is 1. The predicted molar refractivity (Wildman–Crippen MR) is 306 cm³/mol. The number of rotatable bonds is 6. The van der Waals surface area contributed by atoms with E-state index in [1.54, 1.807) is 13.0 Å². The third kappa shape index (κ3) is 25.9. The Morgan fingerprint density at radius 2 is 0.817 bits per heavy atom. The largest absolute Gasteiger partial charge is 0.328 e. The minimum Gasteiger partial charge on any atom is -0.328 e. The highest BCUT2D eigenvalue weighted by Crippen LogP contribution is 2.18. The number of halogens is 1. The van der Waals surface area contributed by atoms with Gasteiger partial charge in [-0.05, 0) is 215 Å². The highest BCUT2D eigenvalue weighted by atomic mass is 32.2. The van der Waals surface area contributed by atoms with Gasteiger partial charge in [-0.25, -0.2) is 12.8 Å². The quantitative estimate of drug-likeness (QED) is 0.163. The molecule has 0 unspecified atom stereocenters. The Kier molecular flexibility index (Phi) is 28.0. The van der Waals surface area contributed by atoms with E-state index in [-0.39, 0.29) is 5.82 Å². The molecule has 0 spiro atoms. The van der Waals surface area contributed by atoms with Crippen molar-refractivity contribution in [2.75, 3.05) is 16.3 Å². The van der Waals surface area contributed by atoms with Crippen molar-refractivity contribution in [2.45, 2.75) is 137 Å². The second kappa shape index (κ2) is 31.8. The molecular formula is C63H84FN3O3S. The number of hydrogen-bond donors (Lipinski definition) is 2. The molecule has 0 aliphatic heterocycles. The number of nitrogens with one attached hydrogen (secondary N) is 2. The smallest absolute Gasteiger partial charge is 0.229 e. The van der Waals surface area contributed by atoms with Crippen LogP contribution in [0.15, 0.2) is 121 Å². The summed E-state index contributed by atoms with van der Waals surface area (Å²) in [5.41, 5.74) is 23.7. The topological polar surface area (TPSA) is 88.2 Å². The van der Waals surface area contributed by atoms with E-state index in [1.165, 1.54) is 67.4 Å². The third-order valence-corrected chi connectivity index (χ3v) is 12.1. The summed E-state index contributed by atoms with van der Waals surface area (Å²) in [6.07, 6.45) is 4.03. The number of pyridine rings is 1. The van der Waals surface area contributed by atoms with Gasteiger partial charge in [0.25, 0.3) is 0 Å². The molecule has 2 N–H and O–H groups in total. The van der Waals surface area contributed by atoms with E-state index in [0.29, 0.717) is 12.1 Å². The Morgan fingerprint density at radius 3 is 1.18 bits per heavy atom. The number of nitrogens with zero attached hydrogens (tertiary/aromatic N) is 1. The van der Waals surface area contributed by atoms with Gasteiger partial charge in [0, 0.05) is 17.1 Å². The fraction of sp³-hybridized carbons (Fsp3) is 0.333. The number of sulfonamides is 1. The zero-order chi connectivity index (χ0) is 54.0. The van der Waals surface area contributed by atoms with E-state index in [2.05, 4.69) is 158 Å². The molecule has 0 radical (unpaired) electrons. The van der Waals surface area contributed by atoms with Crippen LogP contribution in [0.5, 0.6) is 0 Å². The third-order valence-electron chi connectivity index (χ3n) is 11.5. The molecule has 6 nitrogen and oxygen atoms in total. The van der Waals surface area contributed by atoms with Crippen molar-refractivity contribution >= 4 is 27.8 Å². The minimum absolute atomic E-state index is 0.124. The lowest BCUT2D eigenvalue weighted by Crippen LogP contribution is -2.10. The lowest BCUT2D eigenvalue weighted by atomic mass is 10.0. The van der Waals surface area contributed by atoms with Gasteiger partial charge in [0.05, 0.1) is 11.9 Å². The van der Waals surface area contributed by atoms with Crippen molar-refractivity contribution in [1.82, 2.24) is 4.98 Å². The highest BCUT2D eigenvalue weighted by Gasteiger charge is 2.04. The summed E-state index contributed by atoms with van der Waals surface area (Å²) >= 11 is 0. The van der Waals surface area contributed by atoms with E-state index in [4.69, 9.17) is 0 Å². The van der Waals surface area contributed by atoms with Crippen LogP contribution in [0.3, 0.4) is 0 Å². The molecule has 71 heavy (non-hydrogen) atoms. The van der Waals surface area contributed by atoms with Crippen molar-refractivity contribution in [1.29, 1.82) is 0 Å². The van der Waals surface area contributed by atoms with Crippen LogP contribution in [0.25, 0.3) is 0 Å². The molecule has 8 heteroatoms. The van der Waals surface area contributed by atoms with Gasteiger partial charge in [-0.15, -0.1) is 0 Å². The van der Waals surface area contributed by atoms with Gasteiger partial charge in [-0.3, -0.25) is 14.5 Å². The summed E-state index contributed by atoms with van der Waals surface area (Å²) in [7, 11) is -3.17. The number of aromatic nitrogens is 1. The van der Waals surface area contributed by atoms with E-state index in [1.807, 2.05) is 84.0 Å². The average molecular weight is 982 g/mol. The standard InChI is InChI=1S/C10H14.C9H13NO2S.C9H11NO.C9H13N.2C9H12.C8H9F/c1-4-10-7-8(2)5-6-9(10)3;1-7-4-5-8(2)9(6-7)10-13(3,11)12;1-7-3-4-8(2)9(5-7)10-6-11;1-4-9-7(2)5-6-8(3)10-9;2*1-7-4-5-8(2)9(3)6-7;1-6-3-4-8(9)7(2)5-6/h5-7H,4H2,1-3H3;4-6,10H,1-3H3;3-6H,1-2H3,(H,10,11);5-6H,4H2,1-3H3;2*4-6H,1-3H3;3-5H,1-2H3. The summed E-state index contributed by atoms with van der Waals surface area (Å²) in [5, 5.41) is 2.64. The van der Waals surface area contributed by atoms with Crippen LogP contribution in [0.4, 0.5) is 15.8 Å². The number of aryl methyl sites for hydroxylation is 18. The lowest BCUT2D eigenvalue weighted by Gasteiger charge is -2.07. The SMILES string of the molecule is CCc1cc(C)ccc1C.CCc1nc(C)ccc1C.Cc1ccc(C)c(C)c1.Cc1ccc(C)c(C)c1.Cc1ccc(C)c(NC=O)c1.Cc1ccc(C)c(NS(C)(=O)=O)c1.Cc1ccc(F)c(C)c1. The van der Waals surface area contributed by atoms with E-state index in [9.17, 15) is 17.6 Å². The Hall–Kier alpha value is -6.38. The maximum atomic E-state index is 12.5. The Bertz CT molecular complexity index is 2700. The number of anilines is 2. The Balaban J connectivity index is 0.000000416. The number of benzene rings is 6. The maximum Gasteiger partial charge on any atom is 0.229 e. The first kappa shape index (κ1) is 62.6. The first-order chi connectivity index (χ1) is 33.2. The fourth-order valence-electron chi connectivity index (χ4n) is 6.80. The molecule has 0 aliphatic carbocycles. The van der Waals surface area contributed by atoms with Crippen molar-refractivity contribution in [2.24, 2.45) is 0 Å². The van der Waals surface area contributed by atoms with Crippen LogP contribution in [0.1, 0.15) is 114 Å². The highest BCUT2D eigenvalue weighted by molar-refractivity contribution is 7.92. The monoisotopic (exact) mass is 982 g/mol. The summed E-state index contributed by atoms with van der Waals surface area (Å²) in [5.74, 6) is -0.124. The van der Waals surface area contributed by atoms with Crippen LogP contribution < -0.4 is 10.0 Å². The van der Waals surface area contributed by atoms with E-state index in [0.717, 1.165) is 63.9 Å². The van der Waals surface area contributed by atoms with Crippen LogP contribution in [0, 0.1) is 117 Å². The summed E-state index contributed by atoms with van der Waals surface area (Å²) in [4.78, 5) is 14.5. The number of carbonyl (C=O) groups excluding carboxylic acids is 1. The number of hydrogen-bond acceptors (Lipinski definition) is 4. The molecule has 0 saturated heterocycles. The number of amides is 1. The normalized spacial score (nSPS) is 9.97. The second-order valence-corrected chi connectivity index (χ2v) is 20.3. The average Bonchev–Trinajstić information content (AvgIpc) is 3.30. The first-order valence-corrected chi connectivity index (χ1v) is 26.2. The molecule has 1 amide bonds. The predicted octanol–water partition coefficient (Wildman–Crippen LogP) is 16.3. The fourth-order valence-corrected chi connectivity index (χ4v) is 7.42. The van der Waals surface area contributed by atoms with Gasteiger partial charge in [0.1, 0.15) is 5.82 Å². The molecular weight excluding hydrogens is 898 g/mol.